The minimum Gasteiger partial charge on any atom is -0.444 e. The molecule has 5 nitrogen and oxygen atoms in total. The number of aliphatic imine (C=N–C) groups is 1. The highest BCUT2D eigenvalue weighted by Crippen LogP contribution is 2.19. The van der Waals surface area contributed by atoms with Crippen molar-refractivity contribution in [2.75, 3.05) is 20.1 Å². The van der Waals surface area contributed by atoms with Crippen molar-refractivity contribution in [3.05, 3.63) is 64.2 Å². The summed E-state index contributed by atoms with van der Waals surface area (Å²) in [5.74, 6) is 1.47. The molecule has 3 aromatic rings. The van der Waals surface area contributed by atoms with Gasteiger partial charge in [-0.1, -0.05) is 23.8 Å². The molecule has 0 fully saturated rings. The van der Waals surface area contributed by atoms with Gasteiger partial charge in [0.2, 0.25) is 5.89 Å². The van der Waals surface area contributed by atoms with Crippen LogP contribution in [0.2, 0.25) is 0 Å². The largest absolute Gasteiger partial charge is 0.444 e. The Kier molecular flexibility index (Phi) is 6.44. The van der Waals surface area contributed by atoms with Gasteiger partial charge in [-0.2, -0.15) is 0 Å². The van der Waals surface area contributed by atoms with Crippen molar-refractivity contribution in [1.29, 1.82) is 0 Å². The fraction of sp³-hybridized carbons (Fsp3) is 0.300. The van der Waals surface area contributed by atoms with Gasteiger partial charge in [-0.05, 0) is 36.9 Å². The number of benzene rings is 1. The topological polar surface area (TPSA) is 62.5 Å². The van der Waals surface area contributed by atoms with Crippen molar-refractivity contribution >= 4 is 17.3 Å². The molecule has 0 aliphatic carbocycles. The van der Waals surface area contributed by atoms with E-state index in [1.165, 1.54) is 10.4 Å². The van der Waals surface area contributed by atoms with Crippen LogP contribution in [0.5, 0.6) is 0 Å². The third-order valence-corrected chi connectivity index (χ3v) is 4.93. The molecular weight excluding hydrogens is 344 g/mol. The molecule has 0 atom stereocenters. The predicted molar refractivity (Wildman–Crippen MR) is 108 cm³/mol. The van der Waals surface area contributed by atoms with E-state index >= 15 is 0 Å². The monoisotopic (exact) mass is 368 g/mol. The molecule has 0 aliphatic rings. The Morgan fingerprint density at radius 3 is 2.58 bits per heavy atom. The van der Waals surface area contributed by atoms with E-state index in [-0.39, 0.29) is 0 Å². The average molecular weight is 369 g/mol. The first-order chi connectivity index (χ1) is 12.7. The Labute approximate surface area is 158 Å². The summed E-state index contributed by atoms with van der Waals surface area (Å²) >= 11 is 1.78. The van der Waals surface area contributed by atoms with Crippen LogP contribution in [0.4, 0.5) is 0 Å². The van der Waals surface area contributed by atoms with Gasteiger partial charge in [-0.15, -0.1) is 11.3 Å². The summed E-state index contributed by atoms with van der Waals surface area (Å²) in [5, 5.41) is 8.75. The van der Waals surface area contributed by atoms with Crippen molar-refractivity contribution in [1.82, 2.24) is 15.6 Å². The van der Waals surface area contributed by atoms with Gasteiger partial charge in [-0.25, -0.2) is 4.98 Å². The maximum Gasteiger partial charge on any atom is 0.226 e. The van der Waals surface area contributed by atoms with Crippen molar-refractivity contribution < 1.29 is 4.42 Å². The Morgan fingerprint density at radius 1 is 1.12 bits per heavy atom. The van der Waals surface area contributed by atoms with Crippen LogP contribution in [-0.2, 0) is 12.8 Å². The molecule has 0 bridgehead atoms. The summed E-state index contributed by atoms with van der Waals surface area (Å²) in [6, 6.07) is 12.4. The first-order valence-corrected chi connectivity index (χ1v) is 9.61. The van der Waals surface area contributed by atoms with Crippen LogP contribution in [0.15, 0.2) is 57.5 Å². The molecule has 2 N–H and O–H groups in total. The summed E-state index contributed by atoms with van der Waals surface area (Å²) < 4.78 is 5.60. The number of thiophene rings is 1. The van der Waals surface area contributed by atoms with E-state index in [1.54, 1.807) is 24.6 Å². The van der Waals surface area contributed by atoms with Crippen LogP contribution >= 0.6 is 11.3 Å². The second-order valence-corrected chi connectivity index (χ2v) is 7.05. The van der Waals surface area contributed by atoms with E-state index in [0.717, 1.165) is 43.1 Å². The van der Waals surface area contributed by atoms with E-state index in [9.17, 15) is 0 Å². The molecule has 2 heterocycles. The number of nitrogens with zero attached hydrogens (tertiary/aromatic N) is 2. The molecule has 0 amide bonds. The molecule has 3 rings (SSSR count). The van der Waals surface area contributed by atoms with Crippen molar-refractivity contribution in [2.45, 2.75) is 19.8 Å². The first kappa shape index (κ1) is 18.2. The van der Waals surface area contributed by atoms with Crippen molar-refractivity contribution in [3.8, 4) is 11.5 Å². The van der Waals surface area contributed by atoms with Gasteiger partial charge in [0.25, 0.3) is 0 Å². The van der Waals surface area contributed by atoms with E-state index < -0.39 is 0 Å². The van der Waals surface area contributed by atoms with Crippen LogP contribution in [0.1, 0.15) is 16.1 Å². The molecule has 0 aliphatic heterocycles. The number of hydrogen-bond donors (Lipinski definition) is 2. The third-order valence-electron chi connectivity index (χ3n) is 3.99. The number of hydrogen-bond acceptors (Lipinski definition) is 4. The minimum atomic E-state index is 0.665. The molecule has 0 unspecified atom stereocenters. The van der Waals surface area contributed by atoms with E-state index in [1.807, 2.05) is 12.1 Å². The molecule has 0 saturated carbocycles. The Balaban J connectivity index is 1.43. The predicted octanol–water partition coefficient (Wildman–Crippen LogP) is 3.66. The molecule has 136 valence electrons. The van der Waals surface area contributed by atoms with Gasteiger partial charge >= 0.3 is 0 Å². The number of guanidine groups is 1. The lowest BCUT2D eigenvalue weighted by atomic mass is 10.1. The molecule has 0 saturated heterocycles. The highest BCUT2D eigenvalue weighted by Gasteiger charge is 2.07. The molecular formula is C20H24N4OS. The van der Waals surface area contributed by atoms with Crippen LogP contribution in [0.3, 0.4) is 0 Å². The first-order valence-electron chi connectivity index (χ1n) is 8.73. The highest BCUT2D eigenvalue weighted by molar-refractivity contribution is 7.09. The Hall–Kier alpha value is -2.60. The summed E-state index contributed by atoms with van der Waals surface area (Å²) in [4.78, 5) is 10.2. The molecule has 0 radical (unpaired) electrons. The van der Waals surface area contributed by atoms with Crippen LogP contribution in [0, 0.1) is 6.92 Å². The summed E-state index contributed by atoms with van der Waals surface area (Å²) in [5.41, 5.74) is 3.16. The normalized spacial score (nSPS) is 11.5. The van der Waals surface area contributed by atoms with Crippen molar-refractivity contribution in [3.63, 3.8) is 0 Å². The Morgan fingerprint density at radius 2 is 1.88 bits per heavy atom. The van der Waals surface area contributed by atoms with Gasteiger partial charge in [0, 0.05) is 37.0 Å². The number of rotatable bonds is 7. The van der Waals surface area contributed by atoms with Gasteiger partial charge < -0.3 is 15.1 Å². The maximum atomic E-state index is 5.60. The zero-order chi connectivity index (χ0) is 18.2. The fourth-order valence-corrected chi connectivity index (χ4v) is 3.25. The zero-order valence-corrected chi connectivity index (χ0v) is 16.0. The number of aromatic nitrogens is 1. The quantitative estimate of drug-likeness (QED) is 0.493. The van der Waals surface area contributed by atoms with Crippen molar-refractivity contribution in [2.24, 2.45) is 4.99 Å². The SMILES string of the molecule is CN=C(NCCc1coc(-c2ccc(C)cc2)n1)NCCc1cccs1. The summed E-state index contributed by atoms with van der Waals surface area (Å²) in [7, 11) is 1.78. The van der Waals surface area contributed by atoms with Gasteiger partial charge in [0.1, 0.15) is 6.26 Å². The van der Waals surface area contributed by atoms with Gasteiger partial charge in [0.05, 0.1) is 5.69 Å². The second-order valence-electron chi connectivity index (χ2n) is 6.02. The maximum absolute atomic E-state index is 5.60. The fourth-order valence-electron chi connectivity index (χ4n) is 2.54. The van der Waals surface area contributed by atoms with E-state index in [2.05, 4.69) is 57.2 Å². The van der Waals surface area contributed by atoms with E-state index in [4.69, 9.17) is 4.42 Å². The number of nitrogens with one attached hydrogen (secondary N) is 2. The van der Waals surface area contributed by atoms with Crippen LogP contribution < -0.4 is 10.6 Å². The molecule has 0 spiro atoms. The molecule has 1 aromatic carbocycles. The lowest BCUT2D eigenvalue weighted by Gasteiger charge is -2.10. The molecule has 2 aromatic heterocycles. The third kappa shape index (κ3) is 5.20. The van der Waals surface area contributed by atoms with Crippen LogP contribution in [-0.4, -0.2) is 31.1 Å². The zero-order valence-electron chi connectivity index (χ0n) is 15.2. The minimum absolute atomic E-state index is 0.665. The van der Waals surface area contributed by atoms with Gasteiger partial charge in [0.15, 0.2) is 5.96 Å². The molecule has 6 heteroatoms. The number of oxazole rings is 1. The van der Waals surface area contributed by atoms with Gasteiger partial charge in [-0.3, -0.25) is 4.99 Å². The smallest absolute Gasteiger partial charge is 0.226 e. The second kappa shape index (κ2) is 9.20. The van der Waals surface area contributed by atoms with Crippen LogP contribution in [0.25, 0.3) is 11.5 Å². The average Bonchev–Trinajstić information content (AvgIpc) is 3.33. The summed E-state index contributed by atoms with van der Waals surface area (Å²) in [6.45, 7) is 3.68. The number of aryl methyl sites for hydroxylation is 1. The highest BCUT2D eigenvalue weighted by atomic mass is 32.1. The lowest BCUT2D eigenvalue weighted by molar-refractivity contribution is 0.572. The summed E-state index contributed by atoms with van der Waals surface area (Å²) in [6.07, 6.45) is 3.51. The molecule has 26 heavy (non-hydrogen) atoms. The lowest BCUT2D eigenvalue weighted by Crippen LogP contribution is -2.39. The standard InChI is InChI=1S/C20H24N4OS/c1-15-5-7-16(8-6-15)19-24-17(14-25-19)9-11-22-20(21-2)23-12-10-18-4-3-13-26-18/h3-8,13-14H,9-12H2,1-2H3,(H2,21,22,23). The Bertz CT molecular complexity index is 822. The van der Waals surface area contributed by atoms with E-state index in [0.29, 0.717) is 5.89 Å².